The maximum atomic E-state index is 10.1. The average molecular weight is 470 g/mol. The van der Waals surface area contributed by atoms with Crippen LogP contribution in [-0.2, 0) is 13.0 Å². The quantitative estimate of drug-likeness (QED) is 0.587. The minimum absolute atomic E-state index is 0.00540. The summed E-state index contributed by atoms with van der Waals surface area (Å²) in [5.74, 6) is 0.729. The van der Waals surface area contributed by atoms with Gasteiger partial charge in [0, 0.05) is 37.1 Å². The van der Waals surface area contributed by atoms with E-state index < -0.39 is 0 Å². The molecule has 32 heavy (non-hydrogen) atoms. The van der Waals surface area contributed by atoms with Crippen molar-refractivity contribution in [2.45, 2.75) is 38.8 Å². The van der Waals surface area contributed by atoms with Gasteiger partial charge in [-0.1, -0.05) is 35.3 Å². The van der Waals surface area contributed by atoms with Crippen LogP contribution in [0.1, 0.15) is 41.4 Å². The third-order valence-electron chi connectivity index (χ3n) is 7.02. The number of halogens is 2. The van der Waals surface area contributed by atoms with Crippen molar-refractivity contribution in [2.24, 2.45) is 11.1 Å². The molecule has 1 spiro atoms. The number of nitrogens with zero attached hydrogens (tertiary/aromatic N) is 4. The normalized spacial score (nSPS) is 19.4. The highest BCUT2D eigenvalue weighted by atomic mass is 35.5. The number of fused-ring (bicyclic) bond motifs is 1. The van der Waals surface area contributed by atoms with Crippen LogP contribution in [0.4, 0.5) is 5.82 Å². The second kappa shape index (κ2) is 8.27. The summed E-state index contributed by atoms with van der Waals surface area (Å²) in [5, 5.41) is 11.0. The van der Waals surface area contributed by atoms with E-state index in [1.807, 2.05) is 31.5 Å². The second-order valence-electron chi connectivity index (χ2n) is 8.77. The molecule has 1 aromatic carbocycles. The Kier molecular flexibility index (Phi) is 5.58. The lowest BCUT2D eigenvalue weighted by Crippen LogP contribution is -2.45. The predicted molar refractivity (Wildman–Crippen MR) is 127 cm³/mol. The number of rotatable bonds is 3. The van der Waals surface area contributed by atoms with Crippen LogP contribution in [0, 0.1) is 12.3 Å². The Morgan fingerprint density at radius 1 is 1.19 bits per heavy atom. The first kappa shape index (κ1) is 21.6. The number of hydrogen-bond donors (Lipinski definition) is 2. The lowest BCUT2D eigenvalue weighted by molar-refractivity contribution is 0.186. The summed E-state index contributed by atoms with van der Waals surface area (Å²) in [4.78, 5) is 16.1. The fraction of sp³-hybridized carbons (Fsp3) is 0.375. The topological polar surface area (TPSA) is 88.2 Å². The van der Waals surface area contributed by atoms with Gasteiger partial charge in [0.2, 0.25) is 0 Å². The molecule has 0 radical (unpaired) electrons. The minimum atomic E-state index is -0.202. The number of aromatic nitrogens is 3. The average Bonchev–Trinajstić information content (AvgIpc) is 3.07. The molecule has 1 saturated heterocycles. The van der Waals surface area contributed by atoms with Gasteiger partial charge >= 0.3 is 0 Å². The van der Waals surface area contributed by atoms with E-state index in [1.165, 1.54) is 11.1 Å². The molecule has 8 heteroatoms. The van der Waals surface area contributed by atoms with Crippen LogP contribution in [0.3, 0.4) is 0 Å². The van der Waals surface area contributed by atoms with Crippen LogP contribution in [0.5, 0.6) is 0 Å². The Balaban J connectivity index is 1.42. The van der Waals surface area contributed by atoms with Gasteiger partial charge in [0.15, 0.2) is 5.82 Å². The second-order valence-corrected chi connectivity index (χ2v) is 9.55. The molecule has 166 valence electrons. The summed E-state index contributed by atoms with van der Waals surface area (Å²) >= 11 is 12.6. The SMILES string of the molecule is Cc1nc(N2CCC3(CC2)Cc2ccncc2[C@H]3N)c(CO)nc1-c1cccc(Cl)c1Cl. The van der Waals surface area contributed by atoms with Crippen LogP contribution >= 0.6 is 23.2 Å². The maximum absolute atomic E-state index is 10.1. The van der Waals surface area contributed by atoms with Crippen molar-refractivity contribution in [1.82, 2.24) is 15.0 Å². The first-order valence-corrected chi connectivity index (χ1v) is 11.6. The number of anilines is 1. The highest BCUT2D eigenvalue weighted by molar-refractivity contribution is 6.43. The van der Waals surface area contributed by atoms with Gasteiger partial charge in [-0.15, -0.1) is 0 Å². The zero-order chi connectivity index (χ0) is 22.5. The summed E-state index contributed by atoms with van der Waals surface area (Å²) in [6.07, 6.45) is 6.66. The van der Waals surface area contributed by atoms with Crippen LogP contribution < -0.4 is 10.6 Å². The van der Waals surface area contributed by atoms with Gasteiger partial charge < -0.3 is 15.7 Å². The molecular weight excluding hydrogens is 445 g/mol. The number of aryl methyl sites for hydroxylation is 1. The standard InChI is InChI=1S/C24H25Cl2N5O/c1-14-21(16-3-2-4-18(25)20(16)26)30-19(13-32)23(29-14)31-9-6-24(7-10-31)11-15-5-8-28-12-17(15)22(24)27/h2-5,8,12,22,32H,6-7,9-11,13,27H2,1H3/t22-/m1/s1. The number of nitrogens with two attached hydrogens (primary N) is 1. The molecule has 1 aliphatic carbocycles. The molecule has 0 amide bonds. The third-order valence-corrected chi connectivity index (χ3v) is 7.84. The van der Waals surface area contributed by atoms with Crippen molar-refractivity contribution in [3.8, 4) is 11.3 Å². The van der Waals surface area contributed by atoms with Gasteiger partial charge in [-0.05, 0) is 54.9 Å². The van der Waals surface area contributed by atoms with E-state index >= 15 is 0 Å². The van der Waals surface area contributed by atoms with Gasteiger partial charge in [-0.3, -0.25) is 4.98 Å². The molecule has 5 rings (SSSR count). The number of pyridine rings is 1. The molecule has 1 aliphatic heterocycles. The number of aliphatic hydroxyl groups is 1. The van der Waals surface area contributed by atoms with Crippen molar-refractivity contribution in [3.63, 3.8) is 0 Å². The molecule has 1 fully saturated rings. The smallest absolute Gasteiger partial charge is 0.153 e. The Bertz CT molecular complexity index is 1180. The highest BCUT2D eigenvalue weighted by Crippen LogP contribution is 2.50. The number of piperidine rings is 1. The van der Waals surface area contributed by atoms with Crippen LogP contribution in [0.25, 0.3) is 11.3 Å². The minimum Gasteiger partial charge on any atom is -0.390 e. The Morgan fingerprint density at radius 3 is 2.69 bits per heavy atom. The summed E-state index contributed by atoms with van der Waals surface area (Å²) in [6, 6.07) is 7.54. The first-order chi connectivity index (χ1) is 15.4. The van der Waals surface area contributed by atoms with Gasteiger partial charge in [0.25, 0.3) is 0 Å². The van der Waals surface area contributed by atoms with Crippen molar-refractivity contribution in [2.75, 3.05) is 18.0 Å². The molecule has 2 aliphatic rings. The van der Waals surface area contributed by atoms with Gasteiger partial charge in [0.1, 0.15) is 5.69 Å². The van der Waals surface area contributed by atoms with E-state index in [-0.39, 0.29) is 18.1 Å². The van der Waals surface area contributed by atoms with E-state index in [0.29, 0.717) is 27.0 Å². The molecule has 6 nitrogen and oxygen atoms in total. The number of aliphatic hydroxyl groups excluding tert-OH is 1. The summed E-state index contributed by atoms with van der Waals surface area (Å²) < 4.78 is 0. The Labute approximate surface area is 197 Å². The molecule has 3 aromatic rings. The highest BCUT2D eigenvalue weighted by Gasteiger charge is 2.46. The molecule has 0 bridgehead atoms. The van der Waals surface area contributed by atoms with E-state index in [2.05, 4.69) is 16.0 Å². The summed E-state index contributed by atoms with van der Waals surface area (Å²) in [7, 11) is 0. The summed E-state index contributed by atoms with van der Waals surface area (Å²) in [5.41, 5.74) is 11.9. The molecule has 0 saturated carbocycles. The fourth-order valence-electron chi connectivity index (χ4n) is 5.19. The van der Waals surface area contributed by atoms with E-state index in [9.17, 15) is 5.11 Å². The first-order valence-electron chi connectivity index (χ1n) is 10.8. The van der Waals surface area contributed by atoms with Gasteiger partial charge in [-0.2, -0.15) is 0 Å². The largest absolute Gasteiger partial charge is 0.390 e. The Morgan fingerprint density at radius 2 is 1.97 bits per heavy atom. The van der Waals surface area contributed by atoms with Crippen molar-refractivity contribution in [1.29, 1.82) is 0 Å². The molecule has 1 atom stereocenters. The zero-order valence-corrected chi connectivity index (χ0v) is 19.4. The molecular formula is C24H25Cl2N5O. The maximum Gasteiger partial charge on any atom is 0.153 e. The van der Waals surface area contributed by atoms with Gasteiger partial charge in [-0.25, -0.2) is 9.97 Å². The molecule has 3 heterocycles. The van der Waals surface area contributed by atoms with Crippen LogP contribution in [0.15, 0.2) is 36.7 Å². The third kappa shape index (κ3) is 3.46. The van der Waals surface area contributed by atoms with Crippen molar-refractivity contribution < 1.29 is 5.11 Å². The number of hydrogen-bond acceptors (Lipinski definition) is 6. The predicted octanol–water partition coefficient (Wildman–Crippen LogP) is 4.49. The van der Waals surface area contributed by atoms with Crippen LogP contribution in [-0.4, -0.2) is 33.1 Å². The summed E-state index contributed by atoms with van der Waals surface area (Å²) in [6.45, 7) is 3.33. The lowest BCUT2D eigenvalue weighted by atomic mass is 9.73. The van der Waals surface area contributed by atoms with Crippen LogP contribution in [0.2, 0.25) is 10.0 Å². The lowest BCUT2D eigenvalue weighted by Gasteiger charge is -2.43. The van der Waals surface area contributed by atoms with Crippen molar-refractivity contribution in [3.05, 3.63) is 69.2 Å². The van der Waals surface area contributed by atoms with Crippen molar-refractivity contribution >= 4 is 29.0 Å². The fourth-order valence-corrected chi connectivity index (χ4v) is 5.58. The Hall–Kier alpha value is -2.25. The van der Waals surface area contributed by atoms with E-state index in [4.69, 9.17) is 38.9 Å². The number of benzene rings is 1. The van der Waals surface area contributed by atoms with Gasteiger partial charge in [0.05, 0.1) is 28.0 Å². The van der Waals surface area contributed by atoms with E-state index in [1.54, 1.807) is 6.07 Å². The molecule has 0 unspecified atom stereocenters. The zero-order valence-electron chi connectivity index (χ0n) is 17.9. The monoisotopic (exact) mass is 469 g/mol. The molecule has 2 aromatic heterocycles. The molecule has 3 N–H and O–H groups in total. The van der Waals surface area contributed by atoms with E-state index in [0.717, 1.165) is 43.9 Å².